The van der Waals surface area contributed by atoms with Crippen LogP contribution in [0.15, 0.2) is 0 Å². The van der Waals surface area contributed by atoms with Crippen molar-refractivity contribution in [2.24, 2.45) is 35.5 Å². The van der Waals surface area contributed by atoms with E-state index in [1.165, 1.54) is 0 Å². The van der Waals surface area contributed by atoms with Gasteiger partial charge in [-0.1, -0.05) is 15.9 Å². The molecule has 6 aliphatic carbocycles. The summed E-state index contributed by atoms with van der Waals surface area (Å²) in [5.41, 5.74) is -0.0878. The van der Waals surface area contributed by atoms with E-state index < -0.39 is 0 Å². The highest BCUT2D eigenvalue weighted by Crippen LogP contribution is 3.05. The van der Waals surface area contributed by atoms with Gasteiger partial charge >= 0.3 is 0 Å². The van der Waals surface area contributed by atoms with Gasteiger partial charge in [-0.05, 0) is 35.5 Å². The smallest absolute Gasteiger partial charge is 0.0751 e. The second kappa shape index (κ2) is 0.726. The molecule has 0 spiro atoms. The van der Waals surface area contributed by atoms with E-state index in [9.17, 15) is 5.11 Å². The van der Waals surface area contributed by atoms with E-state index in [1.54, 1.807) is 0 Å². The summed E-state index contributed by atoms with van der Waals surface area (Å²) in [4.78, 5) is 0. The molecule has 0 radical (unpaired) electrons. The molecule has 0 amide bonds. The van der Waals surface area contributed by atoms with E-state index >= 15 is 0 Å². The highest BCUT2D eigenvalue weighted by atomic mass is 79.9. The van der Waals surface area contributed by atoms with Crippen molar-refractivity contribution in [1.29, 1.82) is 0 Å². The largest absolute Gasteiger partial charge is 0.389 e. The van der Waals surface area contributed by atoms with E-state index in [0.29, 0.717) is 4.32 Å². The minimum absolute atomic E-state index is 0.0878. The Kier molecular flexibility index (Phi) is 0.324. The summed E-state index contributed by atoms with van der Waals surface area (Å²) in [5, 5.41) is 9.90. The lowest BCUT2D eigenvalue weighted by Crippen LogP contribution is -3.14. The maximum atomic E-state index is 9.90. The van der Waals surface area contributed by atoms with Crippen LogP contribution in [-0.2, 0) is 0 Å². The topological polar surface area (TPSA) is 20.2 Å². The molecule has 2 heteroatoms. The van der Waals surface area contributed by atoms with Crippen LogP contribution in [0.5, 0.6) is 0 Å². The standard InChI is InChI=1S/C8H7BrO/c9-7-1-4-2(7)6-3(7)5(1)8(4,6)10/h1-6,10H. The number of hydrogen-bond donors (Lipinski definition) is 1. The first-order valence-electron chi connectivity index (χ1n) is 4.14. The molecule has 1 nitrogen and oxygen atoms in total. The van der Waals surface area contributed by atoms with Crippen molar-refractivity contribution in [1.82, 2.24) is 0 Å². The quantitative estimate of drug-likeness (QED) is 0.567. The summed E-state index contributed by atoms with van der Waals surface area (Å²) in [7, 11) is 0. The lowest BCUT2D eigenvalue weighted by Gasteiger charge is -3.08. The molecule has 0 aromatic rings. The number of hydrogen-bond acceptors (Lipinski definition) is 1. The molecule has 6 rings (SSSR count). The van der Waals surface area contributed by atoms with E-state index in [2.05, 4.69) is 15.9 Å². The van der Waals surface area contributed by atoms with Gasteiger partial charge in [-0.2, -0.15) is 0 Å². The Balaban J connectivity index is 1.87. The van der Waals surface area contributed by atoms with Gasteiger partial charge in [0.05, 0.1) is 5.60 Å². The van der Waals surface area contributed by atoms with Crippen LogP contribution in [0.1, 0.15) is 0 Å². The summed E-state index contributed by atoms with van der Waals surface area (Å²) >= 11 is 3.83. The lowest BCUT2D eigenvalue weighted by atomic mass is 8.99. The highest BCUT2D eigenvalue weighted by Gasteiger charge is 3.09. The van der Waals surface area contributed by atoms with Gasteiger partial charge in [0.1, 0.15) is 0 Å². The van der Waals surface area contributed by atoms with E-state index in [0.717, 1.165) is 35.5 Å². The van der Waals surface area contributed by atoms with Crippen LogP contribution in [0.4, 0.5) is 0 Å². The Morgan fingerprint density at radius 2 is 1.30 bits per heavy atom. The predicted molar refractivity (Wildman–Crippen MR) is 37.5 cm³/mol. The molecule has 6 aliphatic rings. The van der Waals surface area contributed by atoms with Gasteiger partial charge in [0.25, 0.3) is 0 Å². The fourth-order valence-corrected chi connectivity index (χ4v) is 7.05. The number of rotatable bonds is 0. The summed E-state index contributed by atoms with van der Waals surface area (Å²) in [6, 6.07) is 0. The van der Waals surface area contributed by atoms with Crippen LogP contribution < -0.4 is 0 Å². The van der Waals surface area contributed by atoms with Crippen LogP contribution in [-0.4, -0.2) is 15.0 Å². The van der Waals surface area contributed by atoms with Crippen LogP contribution in [0, 0.1) is 35.5 Å². The van der Waals surface area contributed by atoms with Crippen molar-refractivity contribution in [3.63, 3.8) is 0 Å². The molecule has 0 bridgehead atoms. The number of halogens is 1. The molecule has 0 atom stereocenters. The second-order valence-corrected chi connectivity index (χ2v) is 6.24. The molecule has 6 saturated carbocycles. The maximum Gasteiger partial charge on any atom is 0.0751 e. The van der Waals surface area contributed by atoms with Gasteiger partial charge in [-0.15, -0.1) is 0 Å². The third kappa shape index (κ3) is 0.128. The molecule has 0 aliphatic heterocycles. The summed E-state index contributed by atoms with van der Waals surface area (Å²) < 4.78 is 0.595. The minimum Gasteiger partial charge on any atom is -0.389 e. The van der Waals surface area contributed by atoms with Gasteiger partial charge in [0.2, 0.25) is 0 Å². The zero-order chi connectivity index (χ0) is 6.46. The fraction of sp³-hybridized carbons (Fsp3) is 1.00. The van der Waals surface area contributed by atoms with Crippen LogP contribution in [0.3, 0.4) is 0 Å². The zero-order valence-electron chi connectivity index (χ0n) is 5.29. The normalized spacial score (nSPS) is 104. The van der Waals surface area contributed by atoms with Gasteiger partial charge in [0.15, 0.2) is 0 Å². The van der Waals surface area contributed by atoms with Crippen molar-refractivity contribution in [3.05, 3.63) is 0 Å². The van der Waals surface area contributed by atoms with Gasteiger partial charge < -0.3 is 5.11 Å². The van der Waals surface area contributed by atoms with Crippen LogP contribution >= 0.6 is 15.9 Å². The Bertz CT molecular complexity index is 214. The van der Waals surface area contributed by atoms with Crippen molar-refractivity contribution >= 4 is 15.9 Å². The van der Waals surface area contributed by atoms with Gasteiger partial charge in [-0.25, -0.2) is 0 Å². The molecular formula is C8H7BrO. The zero-order valence-corrected chi connectivity index (χ0v) is 6.88. The van der Waals surface area contributed by atoms with Gasteiger partial charge in [0, 0.05) is 4.32 Å². The number of aliphatic hydroxyl groups is 1. The average Bonchev–Trinajstić information content (AvgIpc) is 1.99. The van der Waals surface area contributed by atoms with E-state index in [4.69, 9.17) is 0 Å². The SMILES string of the molecule is OC12C3C4C1C1C2C3C41Br. The Morgan fingerprint density at radius 3 is 1.60 bits per heavy atom. The Morgan fingerprint density at radius 1 is 0.900 bits per heavy atom. The molecule has 0 heterocycles. The molecule has 10 heavy (non-hydrogen) atoms. The van der Waals surface area contributed by atoms with Gasteiger partial charge in [-0.3, -0.25) is 0 Å². The van der Waals surface area contributed by atoms with E-state index in [1.807, 2.05) is 0 Å². The van der Waals surface area contributed by atoms with Crippen molar-refractivity contribution in [2.75, 3.05) is 0 Å². The molecule has 1 N–H and O–H groups in total. The molecule has 0 aromatic carbocycles. The average molecular weight is 199 g/mol. The fourth-order valence-electron chi connectivity index (χ4n) is 5.34. The molecule has 0 aromatic heterocycles. The third-order valence-corrected chi connectivity index (χ3v) is 7.04. The first kappa shape index (κ1) is 4.46. The monoisotopic (exact) mass is 198 g/mol. The van der Waals surface area contributed by atoms with Crippen LogP contribution in [0.25, 0.3) is 0 Å². The Hall–Kier alpha value is 0.440. The van der Waals surface area contributed by atoms with Crippen molar-refractivity contribution in [3.8, 4) is 0 Å². The van der Waals surface area contributed by atoms with Crippen molar-refractivity contribution in [2.45, 2.75) is 9.93 Å². The van der Waals surface area contributed by atoms with Crippen LogP contribution in [0.2, 0.25) is 0 Å². The molecular weight excluding hydrogens is 192 g/mol. The Labute approximate surface area is 66.9 Å². The minimum atomic E-state index is -0.0878. The lowest BCUT2D eigenvalue weighted by molar-refractivity contribution is -0.602. The first-order chi connectivity index (χ1) is 4.73. The molecule has 0 unspecified atom stereocenters. The molecule has 0 saturated heterocycles. The second-order valence-electron chi connectivity index (χ2n) is 4.87. The summed E-state index contributed by atoms with van der Waals surface area (Å²) in [5.74, 6) is 5.01. The maximum absolute atomic E-state index is 9.90. The predicted octanol–water partition coefficient (Wildman–Crippen LogP) is 0.616. The highest BCUT2D eigenvalue weighted by molar-refractivity contribution is 9.10. The van der Waals surface area contributed by atoms with Crippen molar-refractivity contribution < 1.29 is 5.11 Å². The first-order valence-corrected chi connectivity index (χ1v) is 4.94. The number of alkyl halides is 1. The molecule has 6 fully saturated rings. The third-order valence-electron chi connectivity index (χ3n) is 5.46. The van der Waals surface area contributed by atoms with E-state index in [-0.39, 0.29) is 5.60 Å². The molecule has 52 valence electrons. The summed E-state index contributed by atoms with van der Waals surface area (Å²) in [6.07, 6.45) is 0. The summed E-state index contributed by atoms with van der Waals surface area (Å²) in [6.45, 7) is 0.